The number of carbonyl (C=O) groups is 1. The van der Waals surface area contributed by atoms with Crippen LogP contribution >= 0.6 is 0 Å². The minimum absolute atomic E-state index is 0.0513. The maximum Gasteiger partial charge on any atom is 0.252 e. The summed E-state index contributed by atoms with van der Waals surface area (Å²) in [7, 11) is 0. The van der Waals surface area contributed by atoms with Crippen LogP contribution in [0.5, 0.6) is 0 Å². The number of anilines is 1. The van der Waals surface area contributed by atoms with Crippen LogP contribution in [-0.4, -0.2) is 47.5 Å². The van der Waals surface area contributed by atoms with Gasteiger partial charge in [0.25, 0.3) is 5.91 Å². The predicted molar refractivity (Wildman–Crippen MR) is 84.0 cm³/mol. The number of benzene rings is 1. The predicted octanol–water partition coefficient (Wildman–Crippen LogP) is 1.53. The third kappa shape index (κ3) is 4.84. The fraction of sp³-hybridized carbons (Fsp3) is 0.438. The van der Waals surface area contributed by atoms with E-state index in [2.05, 4.69) is 20.5 Å². The highest BCUT2D eigenvalue weighted by molar-refractivity contribution is 5.89. The fourth-order valence-electron chi connectivity index (χ4n) is 2.46. The van der Waals surface area contributed by atoms with E-state index in [1.54, 1.807) is 12.1 Å². The highest BCUT2D eigenvalue weighted by Crippen LogP contribution is 2.12. The lowest BCUT2D eigenvalue weighted by Gasteiger charge is -2.07. The van der Waals surface area contributed by atoms with Crippen LogP contribution in [0.15, 0.2) is 24.3 Å². The zero-order valence-corrected chi connectivity index (χ0v) is 13.1. The van der Waals surface area contributed by atoms with Crippen LogP contribution in [0.2, 0.25) is 0 Å². The zero-order valence-electron chi connectivity index (χ0n) is 13.1. The maximum atomic E-state index is 13.2. The van der Waals surface area contributed by atoms with Gasteiger partial charge in [-0.25, -0.2) is 4.39 Å². The summed E-state index contributed by atoms with van der Waals surface area (Å²) in [4.78, 5) is 16.0. The van der Waals surface area contributed by atoms with Crippen molar-refractivity contribution in [1.82, 2.24) is 15.2 Å². The Kier molecular flexibility index (Phi) is 5.50. The summed E-state index contributed by atoms with van der Waals surface area (Å²) in [5.41, 5.74) is 0.770. The smallest absolute Gasteiger partial charge is 0.252 e. The van der Waals surface area contributed by atoms with Crippen molar-refractivity contribution < 1.29 is 18.7 Å². The van der Waals surface area contributed by atoms with Gasteiger partial charge in [0.1, 0.15) is 18.2 Å². The molecule has 1 saturated heterocycles. The Morgan fingerprint density at radius 2 is 2.42 bits per heavy atom. The number of aromatic amines is 1. The standard InChI is InChI=1S/C16H19FN4O3/c17-13-3-1-2-11(6-13)7-14-18-16(21-20-14)19-15(22)10-24-9-12-4-5-23-8-12/h1-3,6,12H,4-5,7-10H2,(H2,18,19,20,21,22). The number of nitrogens with zero attached hydrogens (tertiary/aromatic N) is 2. The second-order valence-corrected chi connectivity index (χ2v) is 5.71. The van der Waals surface area contributed by atoms with Gasteiger partial charge < -0.3 is 9.47 Å². The first-order valence-corrected chi connectivity index (χ1v) is 7.80. The van der Waals surface area contributed by atoms with Gasteiger partial charge in [-0.3, -0.25) is 15.2 Å². The molecule has 0 spiro atoms. The molecule has 2 heterocycles. The molecule has 2 aromatic rings. The number of rotatable bonds is 7. The first-order valence-electron chi connectivity index (χ1n) is 7.80. The molecule has 8 heteroatoms. The summed E-state index contributed by atoms with van der Waals surface area (Å²) in [6, 6.07) is 6.25. The highest BCUT2D eigenvalue weighted by Gasteiger charge is 2.16. The molecule has 1 unspecified atom stereocenters. The van der Waals surface area contributed by atoms with E-state index in [4.69, 9.17) is 9.47 Å². The van der Waals surface area contributed by atoms with Crippen LogP contribution in [0.3, 0.4) is 0 Å². The lowest BCUT2D eigenvalue weighted by atomic mass is 10.1. The molecule has 2 N–H and O–H groups in total. The van der Waals surface area contributed by atoms with E-state index < -0.39 is 0 Å². The van der Waals surface area contributed by atoms with Crippen LogP contribution in [0.4, 0.5) is 10.3 Å². The van der Waals surface area contributed by atoms with Crippen molar-refractivity contribution in [1.29, 1.82) is 0 Å². The van der Waals surface area contributed by atoms with Gasteiger partial charge in [-0.1, -0.05) is 12.1 Å². The van der Waals surface area contributed by atoms with E-state index >= 15 is 0 Å². The Balaban J connectivity index is 1.44. The molecule has 7 nitrogen and oxygen atoms in total. The molecule has 1 aromatic heterocycles. The molecule has 0 saturated carbocycles. The Labute approximate surface area is 138 Å². The van der Waals surface area contributed by atoms with Crippen molar-refractivity contribution in [2.45, 2.75) is 12.8 Å². The molecular formula is C16H19FN4O3. The topological polar surface area (TPSA) is 89.1 Å². The third-order valence-electron chi connectivity index (χ3n) is 3.65. The second-order valence-electron chi connectivity index (χ2n) is 5.71. The Bertz CT molecular complexity index is 685. The lowest BCUT2D eigenvalue weighted by Crippen LogP contribution is -2.21. The van der Waals surface area contributed by atoms with Crippen molar-refractivity contribution >= 4 is 11.9 Å². The van der Waals surface area contributed by atoms with Crippen LogP contribution in [0.25, 0.3) is 0 Å². The summed E-state index contributed by atoms with van der Waals surface area (Å²) in [6.45, 7) is 1.90. The van der Waals surface area contributed by atoms with E-state index in [0.29, 0.717) is 31.4 Å². The molecule has 0 radical (unpaired) electrons. The van der Waals surface area contributed by atoms with E-state index in [-0.39, 0.29) is 24.3 Å². The summed E-state index contributed by atoms with van der Waals surface area (Å²) in [5, 5.41) is 9.21. The first-order chi connectivity index (χ1) is 11.7. The molecular weight excluding hydrogens is 315 g/mol. The van der Waals surface area contributed by atoms with Gasteiger partial charge in [0.15, 0.2) is 0 Å². The Morgan fingerprint density at radius 3 is 3.21 bits per heavy atom. The van der Waals surface area contributed by atoms with E-state index in [1.165, 1.54) is 12.1 Å². The first kappa shape index (κ1) is 16.5. The average Bonchev–Trinajstić information content (AvgIpc) is 3.20. The molecule has 1 aliphatic rings. The van der Waals surface area contributed by atoms with Crippen molar-refractivity contribution in [3.8, 4) is 0 Å². The molecule has 24 heavy (non-hydrogen) atoms. The number of aromatic nitrogens is 3. The number of H-pyrrole nitrogens is 1. The zero-order chi connectivity index (χ0) is 16.8. The van der Waals surface area contributed by atoms with Crippen LogP contribution in [0, 0.1) is 11.7 Å². The summed E-state index contributed by atoms with van der Waals surface area (Å²) >= 11 is 0. The molecule has 3 rings (SSSR count). The van der Waals surface area contributed by atoms with Crippen molar-refractivity contribution in [2.24, 2.45) is 5.92 Å². The van der Waals surface area contributed by atoms with Crippen LogP contribution in [0.1, 0.15) is 17.8 Å². The highest BCUT2D eigenvalue weighted by atomic mass is 19.1. The normalized spacial score (nSPS) is 17.1. The minimum Gasteiger partial charge on any atom is -0.381 e. The van der Waals surface area contributed by atoms with Crippen LogP contribution < -0.4 is 5.32 Å². The molecule has 1 atom stereocenters. The lowest BCUT2D eigenvalue weighted by molar-refractivity contribution is -0.121. The summed E-state index contributed by atoms with van der Waals surface area (Å²) in [6.07, 6.45) is 1.37. The van der Waals surface area contributed by atoms with Gasteiger partial charge in [0.2, 0.25) is 5.95 Å². The number of amides is 1. The largest absolute Gasteiger partial charge is 0.381 e. The van der Waals surface area contributed by atoms with Gasteiger partial charge in [-0.05, 0) is 24.1 Å². The van der Waals surface area contributed by atoms with E-state index in [9.17, 15) is 9.18 Å². The molecule has 0 bridgehead atoms. The molecule has 1 amide bonds. The molecule has 0 aliphatic carbocycles. The monoisotopic (exact) mass is 334 g/mol. The molecule has 1 fully saturated rings. The quantitative estimate of drug-likeness (QED) is 0.801. The fourth-order valence-corrected chi connectivity index (χ4v) is 2.46. The summed E-state index contributed by atoms with van der Waals surface area (Å²) < 4.78 is 23.8. The number of nitrogens with one attached hydrogen (secondary N) is 2. The number of hydrogen-bond acceptors (Lipinski definition) is 5. The molecule has 1 aromatic carbocycles. The van der Waals surface area contributed by atoms with Gasteiger partial charge in [0.05, 0.1) is 13.2 Å². The van der Waals surface area contributed by atoms with Gasteiger partial charge in [-0.15, -0.1) is 5.10 Å². The van der Waals surface area contributed by atoms with Crippen molar-refractivity contribution in [3.63, 3.8) is 0 Å². The number of halogens is 1. The SMILES string of the molecule is O=C(COCC1CCOC1)Nc1n[nH]c(Cc2cccc(F)c2)n1. The number of ether oxygens (including phenoxy) is 2. The third-order valence-corrected chi connectivity index (χ3v) is 3.65. The van der Waals surface area contributed by atoms with Crippen molar-refractivity contribution in [3.05, 3.63) is 41.5 Å². The maximum absolute atomic E-state index is 13.2. The Hall–Kier alpha value is -2.32. The summed E-state index contributed by atoms with van der Waals surface area (Å²) in [5.74, 6) is 0.467. The van der Waals surface area contributed by atoms with Gasteiger partial charge in [-0.2, -0.15) is 4.98 Å². The molecule has 1 aliphatic heterocycles. The number of carbonyl (C=O) groups excluding carboxylic acids is 1. The van der Waals surface area contributed by atoms with E-state index in [1.807, 2.05) is 0 Å². The number of hydrogen-bond donors (Lipinski definition) is 2. The van der Waals surface area contributed by atoms with Gasteiger partial charge >= 0.3 is 0 Å². The average molecular weight is 334 g/mol. The molecule has 128 valence electrons. The Morgan fingerprint density at radius 1 is 1.50 bits per heavy atom. The minimum atomic E-state index is -0.315. The van der Waals surface area contributed by atoms with Gasteiger partial charge in [0, 0.05) is 18.9 Å². The van der Waals surface area contributed by atoms with Crippen molar-refractivity contribution in [2.75, 3.05) is 31.7 Å². The second kappa shape index (κ2) is 7.98. The van der Waals surface area contributed by atoms with E-state index in [0.717, 1.165) is 18.6 Å². The van der Waals surface area contributed by atoms with Crippen LogP contribution in [-0.2, 0) is 20.7 Å².